The van der Waals surface area contributed by atoms with Gasteiger partial charge in [0.1, 0.15) is 16.9 Å². The molecule has 0 radical (unpaired) electrons. The highest BCUT2D eigenvalue weighted by Gasteiger charge is 2.20. The van der Waals surface area contributed by atoms with Crippen molar-refractivity contribution in [1.82, 2.24) is 24.2 Å². The Balaban J connectivity index is 1.51. The second-order valence-corrected chi connectivity index (χ2v) is 5.99. The highest BCUT2D eigenvalue weighted by Crippen LogP contribution is 2.26. The van der Waals surface area contributed by atoms with Gasteiger partial charge in [-0.2, -0.15) is 8.75 Å². The molecule has 0 saturated carbocycles. The summed E-state index contributed by atoms with van der Waals surface area (Å²) in [6.07, 6.45) is 1.63. The SMILES string of the molecule is O=C(NCc1cc(-c2ccccn2)on1)c1cc([N+](=O)[O-])c2nsnc2c1. The molecule has 10 nitrogen and oxygen atoms in total. The third-order valence-electron chi connectivity index (χ3n) is 3.71. The number of amides is 1. The van der Waals surface area contributed by atoms with Gasteiger partial charge in [0.05, 0.1) is 23.2 Å². The number of hydrogen-bond acceptors (Lipinski definition) is 9. The van der Waals surface area contributed by atoms with Crippen LogP contribution < -0.4 is 5.32 Å². The molecule has 134 valence electrons. The van der Waals surface area contributed by atoms with Crippen LogP contribution in [0, 0.1) is 10.1 Å². The third-order valence-corrected chi connectivity index (χ3v) is 4.25. The van der Waals surface area contributed by atoms with Crippen molar-refractivity contribution < 1.29 is 14.2 Å². The minimum absolute atomic E-state index is 0.0936. The maximum atomic E-state index is 12.4. The van der Waals surface area contributed by atoms with E-state index in [2.05, 4.69) is 24.2 Å². The number of hydrogen-bond donors (Lipinski definition) is 1. The molecule has 1 N–H and O–H groups in total. The van der Waals surface area contributed by atoms with Gasteiger partial charge in [0.15, 0.2) is 11.3 Å². The Labute approximate surface area is 155 Å². The number of fused-ring (bicyclic) bond motifs is 1. The maximum absolute atomic E-state index is 12.4. The first-order valence-corrected chi connectivity index (χ1v) is 8.41. The molecule has 3 heterocycles. The quantitative estimate of drug-likeness (QED) is 0.411. The molecule has 0 aliphatic rings. The van der Waals surface area contributed by atoms with E-state index in [1.165, 1.54) is 12.1 Å². The molecule has 1 aromatic carbocycles. The summed E-state index contributed by atoms with van der Waals surface area (Å²) in [5, 5.41) is 17.7. The van der Waals surface area contributed by atoms with Gasteiger partial charge in [-0.1, -0.05) is 11.2 Å². The minimum Gasteiger partial charge on any atom is -0.354 e. The highest BCUT2D eigenvalue weighted by molar-refractivity contribution is 7.00. The Kier molecular flexibility index (Phi) is 4.26. The van der Waals surface area contributed by atoms with Gasteiger partial charge in [-0.05, 0) is 18.2 Å². The van der Waals surface area contributed by atoms with Crippen LogP contribution in [0.15, 0.2) is 47.1 Å². The average Bonchev–Trinajstić information content (AvgIpc) is 3.35. The van der Waals surface area contributed by atoms with Crippen LogP contribution >= 0.6 is 11.7 Å². The first-order chi connectivity index (χ1) is 13.1. The lowest BCUT2D eigenvalue weighted by molar-refractivity contribution is -0.383. The Morgan fingerprint density at radius 2 is 2.15 bits per heavy atom. The fourth-order valence-corrected chi connectivity index (χ4v) is 2.98. The Bertz CT molecular complexity index is 1140. The molecule has 27 heavy (non-hydrogen) atoms. The van der Waals surface area contributed by atoms with Gasteiger partial charge in [-0.3, -0.25) is 19.9 Å². The van der Waals surface area contributed by atoms with E-state index in [0.717, 1.165) is 11.7 Å². The number of non-ortho nitro benzene ring substituents is 1. The van der Waals surface area contributed by atoms with Crippen LogP contribution in [0.25, 0.3) is 22.5 Å². The van der Waals surface area contributed by atoms with Gasteiger partial charge in [0, 0.05) is 23.9 Å². The van der Waals surface area contributed by atoms with E-state index in [9.17, 15) is 14.9 Å². The molecule has 0 spiro atoms. The van der Waals surface area contributed by atoms with Crippen LogP contribution in [0.2, 0.25) is 0 Å². The van der Waals surface area contributed by atoms with Crippen LogP contribution in [-0.4, -0.2) is 29.7 Å². The summed E-state index contributed by atoms with van der Waals surface area (Å²) in [4.78, 5) is 27.1. The molecule has 11 heteroatoms. The summed E-state index contributed by atoms with van der Waals surface area (Å²) in [6.45, 7) is 0.0936. The van der Waals surface area contributed by atoms with Crippen molar-refractivity contribution in [3.05, 3.63) is 64.0 Å². The van der Waals surface area contributed by atoms with Crippen LogP contribution in [-0.2, 0) is 6.54 Å². The zero-order chi connectivity index (χ0) is 18.8. The van der Waals surface area contributed by atoms with Crippen LogP contribution in [0.4, 0.5) is 5.69 Å². The molecule has 3 aromatic heterocycles. The third kappa shape index (κ3) is 3.35. The molecule has 0 fully saturated rings. The lowest BCUT2D eigenvalue weighted by Gasteiger charge is -2.03. The molecule has 0 atom stereocenters. The number of carbonyl (C=O) groups is 1. The average molecular weight is 382 g/mol. The number of benzene rings is 1. The van der Waals surface area contributed by atoms with Crippen LogP contribution in [0.3, 0.4) is 0 Å². The maximum Gasteiger partial charge on any atom is 0.299 e. The van der Waals surface area contributed by atoms with Crippen molar-refractivity contribution in [3.63, 3.8) is 0 Å². The first-order valence-electron chi connectivity index (χ1n) is 7.68. The van der Waals surface area contributed by atoms with Crippen molar-refractivity contribution in [2.45, 2.75) is 6.54 Å². The summed E-state index contributed by atoms with van der Waals surface area (Å²) in [7, 11) is 0. The number of nitrogens with zero attached hydrogens (tertiary/aromatic N) is 5. The van der Waals surface area contributed by atoms with E-state index in [4.69, 9.17) is 4.52 Å². The number of carbonyl (C=O) groups excluding carboxylic acids is 1. The van der Waals surface area contributed by atoms with Gasteiger partial charge < -0.3 is 9.84 Å². The molecule has 0 aliphatic carbocycles. The molecule has 4 rings (SSSR count). The standard InChI is InChI=1S/C16H10N6O4S/c23-16(9-5-12-15(21-27-20-12)13(6-9)22(24)25)18-8-10-7-14(26-19-10)11-3-1-2-4-17-11/h1-7H,8H2,(H,18,23). The fraction of sp³-hybridized carbons (Fsp3) is 0.0625. The number of pyridine rings is 1. The summed E-state index contributed by atoms with van der Waals surface area (Å²) < 4.78 is 13.1. The van der Waals surface area contributed by atoms with Gasteiger partial charge in [-0.15, -0.1) is 0 Å². The predicted octanol–water partition coefficient (Wildman–Crippen LogP) is 2.58. The van der Waals surface area contributed by atoms with Gasteiger partial charge in [0.2, 0.25) is 0 Å². The Morgan fingerprint density at radius 1 is 1.26 bits per heavy atom. The number of aromatic nitrogens is 4. The molecule has 0 unspecified atom stereocenters. The Hall–Kier alpha value is -3.73. The van der Waals surface area contributed by atoms with E-state index in [1.807, 2.05) is 6.07 Å². The minimum atomic E-state index is -0.586. The lowest BCUT2D eigenvalue weighted by atomic mass is 10.1. The van der Waals surface area contributed by atoms with E-state index < -0.39 is 10.8 Å². The molecular weight excluding hydrogens is 372 g/mol. The number of nitrogens with one attached hydrogen (secondary N) is 1. The van der Waals surface area contributed by atoms with Crippen molar-refractivity contribution in [1.29, 1.82) is 0 Å². The predicted molar refractivity (Wildman–Crippen MR) is 95.0 cm³/mol. The lowest BCUT2D eigenvalue weighted by Crippen LogP contribution is -2.23. The molecule has 0 bridgehead atoms. The van der Waals surface area contributed by atoms with Crippen LogP contribution in [0.1, 0.15) is 16.1 Å². The summed E-state index contributed by atoms with van der Waals surface area (Å²) in [6, 6.07) is 9.69. The Morgan fingerprint density at radius 3 is 2.93 bits per heavy atom. The molecule has 4 aromatic rings. The molecule has 0 aliphatic heterocycles. The summed E-state index contributed by atoms with van der Waals surface area (Å²) in [5.74, 6) is -0.0131. The topological polar surface area (TPSA) is 137 Å². The first kappa shape index (κ1) is 16.7. The number of rotatable bonds is 5. The number of nitro benzene ring substituents is 1. The smallest absolute Gasteiger partial charge is 0.299 e. The van der Waals surface area contributed by atoms with Gasteiger partial charge in [-0.25, -0.2) is 0 Å². The van der Waals surface area contributed by atoms with Crippen molar-refractivity contribution in [2.24, 2.45) is 0 Å². The second kappa shape index (κ2) is 6.88. The highest BCUT2D eigenvalue weighted by atomic mass is 32.1. The van der Waals surface area contributed by atoms with Gasteiger partial charge in [0.25, 0.3) is 11.6 Å². The zero-order valence-corrected chi connectivity index (χ0v) is 14.3. The van der Waals surface area contributed by atoms with E-state index in [1.54, 1.807) is 24.4 Å². The van der Waals surface area contributed by atoms with Crippen molar-refractivity contribution in [3.8, 4) is 11.5 Å². The summed E-state index contributed by atoms with van der Waals surface area (Å²) >= 11 is 0.851. The van der Waals surface area contributed by atoms with Crippen molar-refractivity contribution >= 4 is 34.4 Å². The second-order valence-electron chi connectivity index (χ2n) is 5.46. The van der Waals surface area contributed by atoms with E-state index in [0.29, 0.717) is 22.7 Å². The van der Waals surface area contributed by atoms with Gasteiger partial charge >= 0.3 is 0 Å². The fourth-order valence-electron chi connectivity index (χ4n) is 2.44. The zero-order valence-electron chi connectivity index (χ0n) is 13.5. The molecular formula is C16H10N6O4S. The molecule has 1 amide bonds. The van der Waals surface area contributed by atoms with E-state index in [-0.39, 0.29) is 23.3 Å². The monoisotopic (exact) mass is 382 g/mol. The normalized spacial score (nSPS) is 10.8. The van der Waals surface area contributed by atoms with Crippen LogP contribution in [0.5, 0.6) is 0 Å². The van der Waals surface area contributed by atoms with Crippen molar-refractivity contribution in [2.75, 3.05) is 0 Å². The number of nitro groups is 1. The van der Waals surface area contributed by atoms with E-state index >= 15 is 0 Å². The largest absolute Gasteiger partial charge is 0.354 e. The summed E-state index contributed by atoms with van der Waals surface area (Å²) in [5.41, 5.74) is 1.45. The molecule has 0 saturated heterocycles.